The Morgan fingerprint density at radius 2 is 1.88 bits per heavy atom. The maximum atomic E-state index is 13.5. The molecule has 0 radical (unpaired) electrons. The quantitative estimate of drug-likeness (QED) is 0.600. The first-order chi connectivity index (χ1) is 15.3. The molecule has 0 spiro atoms. The summed E-state index contributed by atoms with van der Waals surface area (Å²) in [4.78, 5) is 17.9. The number of nitrogens with zero attached hydrogens (tertiary/aromatic N) is 4. The minimum absolute atomic E-state index is 0.137. The standard InChI is InChI=1S/C24H26N4O3S/c1-16-7-6-8-18(13-16)28-12-11-27(14-17(28)2)24(29)22-20-15-32(30,31)21-10-5-4-9-19(21)23(20)26(3)25-22/h4-10,13,17H,11-12,14-15H2,1-3H3. The van der Waals surface area contributed by atoms with Gasteiger partial charge in [-0.25, -0.2) is 8.42 Å². The highest BCUT2D eigenvalue weighted by molar-refractivity contribution is 7.90. The van der Waals surface area contributed by atoms with Crippen molar-refractivity contribution in [3.8, 4) is 11.3 Å². The summed E-state index contributed by atoms with van der Waals surface area (Å²) >= 11 is 0. The molecular weight excluding hydrogens is 424 g/mol. The van der Waals surface area contributed by atoms with Crippen molar-refractivity contribution >= 4 is 21.4 Å². The summed E-state index contributed by atoms with van der Waals surface area (Å²) in [6.07, 6.45) is 0. The van der Waals surface area contributed by atoms with Gasteiger partial charge in [-0.15, -0.1) is 0 Å². The zero-order chi connectivity index (χ0) is 22.6. The van der Waals surface area contributed by atoms with E-state index < -0.39 is 9.84 Å². The van der Waals surface area contributed by atoms with Crippen LogP contribution in [-0.2, 0) is 22.6 Å². The van der Waals surface area contributed by atoms with Crippen molar-refractivity contribution in [2.24, 2.45) is 7.05 Å². The van der Waals surface area contributed by atoms with E-state index in [0.29, 0.717) is 41.4 Å². The van der Waals surface area contributed by atoms with Gasteiger partial charge in [0.2, 0.25) is 0 Å². The molecule has 0 aliphatic carbocycles. The third-order valence-electron chi connectivity index (χ3n) is 6.41. The lowest BCUT2D eigenvalue weighted by atomic mass is 10.0. The Bertz CT molecular complexity index is 1330. The minimum atomic E-state index is -3.52. The van der Waals surface area contributed by atoms with Crippen molar-refractivity contribution in [3.63, 3.8) is 0 Å². The fourth-order valence-corrected chi connectivity index (χ4v) is 6.49. The SMILES string of the molecule is Cc1cccc(N2CCN(C(=O)c3nn(C)c4c3CS(=O)(=O)c3ccccc3-4)CC2C)c1. The molecule has 3 heterocycles. The number of piperazine rings is 1. The predicted molar refractivity (Wildman–Crippen MR) is 123 cm³/mol. The zero-order valence-corrected chi connectivity index (χ0v) is 19.3. The molecule has 8 heteroatoms. The van der Waals surface area contributed by atoms with Crippen LogP contribution in [0.1, 0.15) is 28.5 Å². The van der Waals surface area contributed by atoms with Crippen molar-refractivity contribution in [1.29, 1.82) is 0 Å². The Labute approximate surface area is 188 Å². The molecule has 0 N–H and O–H groups in total. The number of amides is 1. The van der Waals surface area contributed by atoms with E-state index >= 15 is 0 Å². The van der Waals surface area contributed by atoms with E-state index in [9.17, 15) is 13.2 Å². The fourth-order valence-electron chi connectivity index (χ4n) is 4.90. The minimum Gasteiger partial charge on any atom is -0.365 e. The molecule has 0 saturated carbocycles. The number of hydrogen-bond acceptors (Lipinski definition) is 5. The van der Waals surface area contributed by atoms with Crippen LogP contribution >= 0.6 is 0 Å². The Morgan fingerprint density at radius 3 is 2.62 bits per heavy atom. The second-order valence-electron chi connectivity index (χ2n) is 8.69. The van der Waals surface area contributed by atoms with Gasteiger partial charge in [-0.05, 0) is 37.6 Å². The summed E-state index contributed by atoms with van der Waals surface area (Å²) < 4.78 is 27.5. The van der Waals surface area contributed by atoms with Crippen LogP contribution in [0.4, 0.5) is 5.69 Å². The molecule has 3 aromatic rings. The fraction of sp³-hybridized carbons (Fsp3) is 0.333. The van der Waals surface area contributed by atoms with E-state index in [4.69, 9.17) is 0 Å². The van der Waals surface area contributed by atoms with Crippen LogP contribution in [0.5, 0.6) is 0 Å². The maximum absolute atomic E-state index is 13.5. The molecule has 1 unspecified atom stereocenters. The van der Waals surface area contributed by atoms with Crippen LogP contribution in [0.3, 0.4) is 0 Å². The van der Waals surface area contributed by atoms with E-state index in [2.05, 4.69) is 42.0 Å². The lowest BCUT2D eigenvalue weighted by molar-refractivity contribution is 0.0719. The predicted octanol–water partition coefficient (Wildman–Crippen LogP) is 3.03. The molecule has 32 heavy (non-hydrogen) atoms. The number of aryl methyl sites for hydroxylation is 2. The number of rotatable bonds is 2. The summed E-state index contributed by atoms with van der Waals surface area (Å²) in [6, 6.07) is 15.4. The normalized spacial score (nSPS) is 19.4. The molecule has 2 aliphatic rings. The summed E-state index contributed by atoms with van der Waals surface area (Å²) in [7, 11) is -1.75. The number of fused-ring (bicyclic) bond motifs is 3. The average Bonchev–Trinajstić information content (AvgIpc) is 3.08. The molecule has 1 atom stereocenters. The molecule has 0 bridgehead atoms. The van der Waals surface area contributed by atoms with Gasteiger partial charge in [-0.1, -0.05) is 30.3 Å². The van der Waals surface area contributed by atoms with Gasteiger partial charge in [0.05, 0.1) is 16.3 Å². The van der Waals surface area contributed by atoms with Gasteiger partial charge in [0.1, 0.15) is 0 Å². The largest absolute Gasteiger partial charge is 0.365 e. The number of benzene rings is 2. The molecule has 1 saturated heterocycles. The Kier molecular flexibility index (Phi) is 4.85. The molecule has 7 nitrogen and oxygen atoms in total. The van der Waals surface area contributed by atoms with Crippen LogP contribution in [0.15, 0.2) is 53.4 Å². The number of carbonyl (C=O) groups excluding carboxylic acids is 1. The lowest BCUT2D eigenvalue weighted by Crippen LogP contribution is -2.54. The first kappa shape index (κ1) is 20.8. The summed E-state index contributed by atoms with van der Waals surface area (Å²) in [5.74, 6) is -0.403. The van der Waals surface area contributed by atoms with Crippen LogP contribution < -0.4 is 4.90 Å². The highest BCUT2D eigenvalue weighted by Crippen LogP contribution is 2.39. The zero-order valence-electron chi connectivity index (χ0n) is 18.4. The second-order valence-corrected chi connectivity index (χ2v) is 10.6. The molecule has 1 fully saturated rings. The van der Waals surface area contributed by atoms with Crippen molar-refractivity contribution in [2.75, 3.05) is 24.5 Å². The summed E-state index contributed by atoms with van der Waals surface area (Å²) in [5.41, 5.74) is 4.43. The van der Waals surface area contributed by atoms with Crippen LogP contribution in [0, 0.1) is 6.92 Å². The van der Waals surface area contributed by atoms with Gasteiger partial charge in [0.15, 0.2) is 15.5 Å². The number of sulfone groups is 1. The molecule has 1 amide bonds. The second kappa shape index (κ2) is 7.48. The van der Waals surface area contributed by atoms with E-state index in [1.54, 1.807) is 34.8 Å². The molecule has 5 rings (SSSR count). The van der Waals surface area contributed by atoms with Gasteiger partial charge in [0.25, 0.3) is 5.91 Å². The van der Waals surface area contributed by atoms with Crippen LogP contribution in [-0.4, -0.2) is 54.7 Å². The number of carbonyl (C=O) groups is 1. The van der Waals surface area contributed by atoms with Crippen molar-refractivity contribution in [1.82, 2.24) is 14.7 Å². The lowest BCUT2D eigenvalue weighted by Gasteiger charge is -2.41. The Balaban J connectivity index is 1.45. The topological polar surface area (TPSA) is 75.5 Å². The van der Waals surface area contributed by atoms with Crippen molar-refractivity contribution < 1.29 is 13.2 Å². The van der Waals surface area contributed by atoms with Gasteiger partial charge in [-0.3, -0.25) is 9.48 Å². The Morgan fingerprint density at radius 1 is 1.09 bits per heavy atom. The third kappa shape index (κ3) is 3.30. The van der Waals surface area contributed by atoms with Crippen LogP contribution in [0.25, 0.3) is 11.3 Å². The van der Waals surface area contributed by atoms with Crippen molar-refractivity contribution in [3.05, 3.63) is 65.4 Å². The van der Waals surface area contributed by atoms with Gasteiger partial charge >= 0.3 is 0 Å². The third-order valence-corrected chi connectivity index (χ3v) is 8.10. The van der Waals surface area contributed by atoms with E-state index in [-0.39, 0.29) is 23.4 Å². The smallest absolute Gasteiger partial charge is 0.274 e. The van der Waals surface area contributed by atoms with Gasteiger partial charge < -0.3 is 9.80 Å². The van der Waals surface area contributed by atoms with E-state index in [0.717, 1.165) is 5.69 Å². The molecule has 1 aromatic heterocycles. The summed E-state index contributed by atoms with van der Waals surface area (Å²) in [5, 5.41) is 4.49. The number of aromatic nitrogens is 2. The van der Waals surface area contributed by atoms with Crippen molar-refractivity contribution in [2.45, 2.75) is 30.5 Å². The Hall–Kier alpha value is -3.13. The van der Waals surface area contributed by atoms with Gasteiger partial charge in [0, 0.05) is 49.5 Å². The highest BCUT2D eigenvalue weighted by atomic mass is 32.2. The van der Waals surface area contributed by atoms with Crippen LogP contribution in [0.2, 0.25) is 0 Å². The molecular formula is C24H26N4O3S. The van der Waals surface area contributed by atoms with Gasteiger partial charge in [-0.2, -0.15) is 5.10 Å². The average molecular weight is 451 g/mol. The molecule has 2 aromatic carbocycles. The number of hydrogen-bond donors (Lipinski definition) is 0. The first-order valence-corrected chi connectivity index (χ1v) is 12.4. The summed E-state index contributed by atoms with van der Waals surface area (Å²) in [6.45, 7) is 6.01. The first-order valence-electron chi connectivity index (χ1n) is 10.8. The maximum Gasteiger partial charge on any atom is 0.274 e. The number of anilines is 1. The monoisotopic (exact) mass is 450 g/mol. The molecule has 2 aliphatic heterocycles. The van der Waals surface area contributed by atoms with E-state index in [1.807, 2.05) is 12.1 Å². The molecule has 166 valence electrons. The van der Waals surface area contributed by atoms with E-state index in [1.165, 1.54) is 5.56 Å². The highest BCUT2D eigenvalue weighted by Gasteiger charge is 2.37.